The summed E-state index contributed by atoms with van der Waals surface area (Å²) in [4.78, 5) is 21.9. The van der Waals surface area contributed by atoms with Crippen LogP contribution in [0.1, 0.15) is 46.5 Å². The first-order valence-corrected chi connectivity index (χ1v) is 5.24. The summed E-state index contributed by atoms with van der Waals surface area (Å²) in [5, 5.41) is 10.7. The number of rotatable bonds is 7. The Labute approximate surface area is 84.8 Å². The average Bonchev–Trinajstić information content (AvgIpc) is 2.13. The van der Waals surface area contributed by atoms with Crippen LogP contribution >= 0.6 is 0 Å². The number of Topliss-reactive ketones (excluding diaryl/α,β-unsaturated/α-hetero) is 1. The van der Waals surface area contributed by atoms with Crippen LogP contribution in [0.15, 0.2) is 0 Å². The van der Waals surface area contributed by atoms with Crippen LogP contribution in [0, 0.1) is 16.0 Å². The third-order valence-corrected chi connectivity index (χ3v) is 2.50. The molecule has 0 unspecified atom stereocenters. The maximum atomic E-state index is 11.6. The summed E-state index contributed by atoms with van der Waals surface area (Å²) in [5.74, 6) is -0.353. The molecule has 0 aliphatic heterocycles. The molecule has 0 heterocycles. The summed E-state index contributed by atoms with van der Waals surface area (Å²) in [7, 11) is 0. The lowest BCUT2D eigenvalue weighted by atomic mass is 9.89. The van der Waals surface area contributed by atoms with Gasteiger partial charge in [0.05, 0.1) is 5.92 Å². The predicted molar refractivity (Wildman–Crippen MR) is 54.8 cm³/mol. The van der Waals surface area contributed by atoms with Crippen LogP contribution in [0.5, 0.6) is 0 Å². The highest BCUT2D eigenvalue weighted by atomic mass is 16.6. The third kappa shape index (κ3) is 3.44. The molecule has 0 aromatic carbocycles. The zero-order valence-corrected chi connectivity index (χ0v) is 9.16. The van der Waals surface area contributed by atoms with Crippen LogP contribution in [0.2, 0.25) is 0 Å². The molecule has 0 saturated carbocycles. The van der Waals surface area contributed by atoms with E-state index in [4.69, 9.17) is 0 Å². The lowest BCUT2D eigenvalue weighted by molar-refractivity contribution is -0.529. The Kier molecular flexibility index (Phi) is 6.08. The monoisotopic (exact) mass is 201 g/mol. The number of carbonyl (C=O) groups excluding carboxylic acids is 1. The van der Waals surface area contributed by atoms with Gasteiger partial charge in [-0.1, -0.05) is 20.8 Å². The van der Waals surface area contributed by atoms with Crippen molar-refractivity contribution >= 4 is 5.78 Å². The molecule has 4 heteroatoms. The van der Waals surface area contributed by atoms with Gasteiger partial charge in [0.1, 0.15) is 5.78 Å². The molecule has 82 valence electrons. The fourth-order valence-electron chi connectivity index (χ4n) is 1.73. The number of nitro groups is 1. The van der Waals surface area contributed by atoms with E-state index < -0.39 is 12.0 Å². The van der Waals surface area contributed by atoms with E-state index in [-0.39, 0.29) is 10.7 Å². The van der Waals surface area contributed by atoms with E-state index in [2.05, 4.69) is 0 Å². The number of nitrogens with zero attached hydrogens (tertiary/aromatic N) is 1. The van der Waals surface area contributed by atoms with E-state index in [9.17, 15) is 14.9 Å². The summed E-state index contributed by atoms with van der Waals surface area (Å²) in [5.41, 5.74) is 0. The molecule has 0 aliphatic carbocycles. The molecule has 4 nitrogen and oxygen atoms in total. The van der Waals surface area contributed by atoms with Crippen LogP contribution in [0.4, 0.5) is 0 Å². The smallest absolute Gasteiger partial charge is 0.222 e. The zero-order valence-electron chi connectivity index (χ0n) is 9.16. The quantitative estimate of drug-likeness (QED) is 0.469. The normalized spacial score (nSPS) is 14.8. The Bertz CT molecular complexity index is 204. The SMILES string of the molecule is CCCC(=O)[C@H](CC)[C@@H](CC)[N+](=O)[O-]. The zero-order chi connectivity index (χ0) is 11.1. The number of hydrogen-bond donors (Lipinski definition) is 0. The van der Waals surface area contributed by atoms with Crippen LogP contribution in [0.3, 0.4) is 0 Å². The van der Waals surface area contributed by atoms with Crippen molar-refractivity contribution in [1.82, 2.24) is 0 Å². The second kappa shape index (κ2) is 6.51. The Hall–Kier alpha value is -0.930. The van der Waals surface area contributed by atoms with E-state index in [0.717, 1.165) is 6.42 Å². The molecule has 0 aromatic rings. The van der Waals surface area contributed by atoms with Crippen LogP contribution in [0.25, 0.3) is 0 Å². The highest BCUT2D eigenvalue weighted by Gasteiger charge is 2.32. The Balaban J connectivity index is 4.50. The van der Waals surface area contributed by atoms with E-state index in [1.807, 2.05) is 13.8 Å². The van der Waals surface area contributed by atoms with Crippen molar-refractivity contribution in [3.8, 4) is 0 Å². The molecule has 0 aliphatic rings. The first-order chi connectivity index (χ1) is 6.58. The lowest BCUT2D eigenvalue weighted by Gasteiger charge is -2.16. The summed E-state index contributed by atoms with van der Waals surface area (Å²) in [6.45, 7) is 5.51. The van der Waals surface area contributed by atoms with Gasteiger partial charge in [0.15, 0.2) is 0 Å². The Morgan fingerprint density at radius 3 is 2.14 bits per heavy atom. The van der Waals surface area contributed by atoms with Gasteiger partial charge in [-0.25, -0.2) is 0 Å². The molecular weight excluding hydrogens is 182 g/mol. The molecule has 0 radical (unpaired) electrons. The van der Waals surface area contributed by atoms with E-state index >= 15 is 0 Å². The first-order valence-electron chi connectivity index (χ1n) is 5.24. The minimum atomic E-state index is -0.695. The molecule has 0 rings (SSSR count). The van der Waals surface area contributed by atoms with Crippen molar-refractivity contribution in [2.75, 3.05) is 0 Å². The molecule has 2 atom stereocenters. The summed E-state index contributed by atoms with van der Waals surface area (Å²) < 4.78 is 0. The standard InChI is InChI=1S/C10H19NO3/c1-4-7-10(12)8(5-2)9(6-3)11(13)14/h8-9H,4-7H2,1-3H3/t8-,9-/m1/s1. The summed E-state index contributed by atoms with van der Waals surface area (Å²) >= 11 is 0. The summed E-state index contributed by atoms with van der Waals surface area (Å²) in [6.07, 6.45) is 2.23. The van der Waals surface area contributed by atoms with E-state index in [1.165, 1.54) is 0 Å². The van der Waals surface area contributed by atoms with Crippen LogP contribution < -0.4 is 0 Å². The predicted octanol–water partition coefficient (Wildman–Crippen LogP) is 2.44. The van der Waals surface area contributed by atoms with Gasteiger partial charge >= 0.3 is 0 Å². The fourth-order valence-corrected chi connectivity index (χ4v) is 1.73. The van der Waals surface area contributed by atoms with Gasteiger partial charge in [-0.3, -0.25) is 14.9 Å². The number of ketones is 1. The highest BCUT2D eigenvalue weighted by Crippen LogP contribution is 2.18. The van der Waals surface area contributed by atoms with Gasteiger partial charge in [0.2, 0.25) is 6.04 Å². The molecule has 0 spiro atoms. The number of carbonyl (C=O) groups is 1. The minimum Gasteiger partial charge on any atom is -0.299 e. The second-order valence-corrected chi connectivity index (χ2v) is 3.49. The molecule has 0 bridgehead atoms. The Morgan fingerprint density at radius 2 is 1.86 bits per heavy atom. The second-order valence-electron chi connectivity index (χ2n) is 3.49. The average molecular weight is 201 g/mol. The van der Waals surface area contributed by atoms with Crippen molar-refractivity contribution in [3.63, 3.8) is 0 Å². The van der Waals surface area contributed by atoms with Crippen molar-refractivity contribution < 1.29 is 9.72 Å². The number of hydrogen-bond acceptors (Lipinski definition) is 3. The van der Waals surface area contributed by atoms with E-state index in [0.29, 0.717) is 19.3 Å². The van der Waals surface area contributed by atoms with Crippen LogP contribution in [-0.2, 0) is 4.79 Å². The lowest BCUT2D eigenvalue weighted by Crippen LogP contribution is -2.33. The van der Waals surface area contributed by atoms with Crippen LogP contribution in [-0.4, -0.2) is 16.7 Å². The Morgan fingerprint density at radius 1 is 1.29 bits per heavy atom. The van der Waals surface area contributed by atoms with E-state index in [1.54, 1.807) is 6.92 Å². The highest BCUT2D eigenvalue weighted by molar-refractivity contribution is 5.81. The van der Waals surface area contributed by atoms with Gasteiger partial charge < -0.3 is 0 Å². The van der Waals surface area contributed by atoms with Gasteiger partial charge in [-0.2, -0.15) is 0 Å². The summed E-state index contributed by atoms with van der Waals surface area (Å²) in [6, 6.07) is -0.695. The largest absolute Gasteiger partial charge is 0.299 e. The van der Waals surface area contributed by atoms with Gasteiger partial charge in [-0.05, 0) is 12.8 Å². The van der Waals surface area contributed by atoms with Crippen molar-refractivity contribution in [1.29, 1.82) is 0 Å². The van der Waals surface area contributed by atoms with Gasteiger partial charge in [-0.15, -0.1) is 0 Å². The molecule has 0 aromatic heterocycles. The van der Waals surface area contributed by atoms with Gasteiger partial charge in [0, 0.05) is 17.8 Å². The maximum Gasteiger partial charge on any atom is 0.222 e. The molecule has 14 heavy (non-hydrogen) atoms. The molecule has 0 fully saturated rings. The first kappa shape index (κ1) is 13.1. The molecule has 0 amide bonds. The fraction of sp³-hybridized carbons (Fsp3) is 0.900. The molecule has 0 N–H and O–H groups in total. The van der Waals surface area contributed by atoms with Gasteiger partial charge in [0.25, 0.3) is 0 Å². The van der Waals surface area contributed by atoms with Crippen molar-refractivity contribution in [3.05, 3.63) is 10.1 Å². The molecule has 0 saturated heterocycles. The topological polar surface area (TPSA) is 60.2 Å². The van der Waals surface area contributed by atoms with Crippen molar-refractivity contribution in [2.45, 2.75) is 52.5 Å². The molecular formula is C10H19NO3. The third-order valence-electron chi connectivity index (χ3n) is 2.50. The minimum absolute atomic E-state index is 0.0403. The maximum absolute atomic E-state index is 11.6. The van der Waals surface area contributed by atoms with Crippen molar-refractivity contribution in [2.24, 2.45) is 5.92 Å².